The van der Waals surface area contributed by atoms with Crippen molar-refractivity contribution in [1.29, 1.82) is 0 Å². The Labute approximate surface area is 76.0 Å². The summed E-state index contributed by atoms with van der Waals surface area (Å²) in [7, 11) is 0. The Hall–Kier alpha value is -1.42. The molecule has 0 radical (unpaired) electrons. The van der Waals surface area contributed by atoms with Crippen LogP contribution in [0, 0.1) is 17.0 Å². The molecule has 4 heteroatoms. The summed E-state index contributed by atoms with van der Waals surface area (Å²) in [4.78, 5) is 10.2. The maximum Gasteiger partial charge on any atom is 0.278 e. The van der Waals surface area contributed by atoms with E-state index in [-0.39, 0.29) is 5.69 Å². The van der Waals surface area contributed by atoms with Gasteiger partial charge in [0, 0.05) is 5.56 Å². The average Bonchev–Trinajstić information content (AvgIpc) is 2.02. The molecule has 1 rings (SSSR count). The lowest BCUT2D eigenvalue weighted by Gasteiger charge is -2.06. The number of benzene rings is 1. The van der Waals surface area contributed by atoms with Crippen molar-refractivity contribution in [3.8, 4) is 0 Å². The highest BCUT2D eigenvalue weighted by atomic mass is 16.6. The van der Waals surface area contributed by atoms with Crippen LogP contribution in [0.1, 0.15) is 24.2 Å². The molecule has 0 saturated carbocycles. The quantitative estimate of drug-likeness (QED) is 0.560. The van der Waals surface area contributed by atoms with E-state index >= 15 is 0 Å². The van der Waals surface area contributed by atoms with Gasteiger partial charge < -0.3 is 5.11 Å². The van der Waals surface area contributed by atoms with Crippen LogP contribution in [0.15, 0.2) is 18.2 Å². The monoisotopic (exact) mass is 181 g/mol. The molecule has 0 bridgehead atoms. The van der Waals surface area contributed by atoms with E-state index in [1.807, 2.05) is 0 Å². The Morgan fingerprint density at radius 3 is 2.54 bits per heavy atom. The lowest BCUT2D eigenvalue weighted by molar-refractivity contribution is -0.386. The number of rotatable bonds is 2. The van der Waals surface area contributed by atoms with Crippen LogP contribution in [-0.4, -0.2) is 10.0 Å². The topological polar surface area (TPSA) is 63.4 Å². The van der Waals surface area contributed by atoms with E-state index in [1.165, 1.54) is 6.92 Å². The minimum Gasteiger partial charge on any atom is -0.388 e. The molecule has 4 nitrogen and oxygen atoms in total. The van der Waals surface area contributed by atoms with Crippen LogP contribution in [0.5, 0.6) is 0 Å². The first-order chi connectivity index (χ1) is 6.04. The smallest absolute Gasteiger partial charge is 0.278 e. The molecule has 13 heavy (non-hydrogen) atoms. The summed E-state index contributed by atoms with van der Waals surface area (Å²) in [5.41, 5.74) is 0.950. The van der Waals surface area contributed by atoms with E-state index in [9.17, 15) is 15.2 Å². The molecule has 0 aliphatic carbocycles. The molecule has 0 saturated heterocycles. The third kappa shape index (κ3) is 1.84. The normalized spacial score (nSPS) is 12.5. The zero-order valence-electron chi connectivity index (χ0n) is 7.52. The molecule has 0 heterocycles. The summed E-state index contributed by atoms with van der Waals surface area (Å²) < 4.78 is 0. The van der Waals surface area contributed by atoms with E-state index in [0.717, 1.165) is 0 Å². The SMILES string of the molecule is Cc1cccc([C@@H](C)O)c1[N+](=O)[O-]. The van der Waals surface area contributed by atoms with E-state index in [1.54, 1.807) is 25.1 Å². The van der Waals surface area contributed by atoms with E-state index < -0.39 is 11.0 Å². The van der Waals surface area contributed by atoms with Crippen LogP contribution in [0.4, 0.5) is 5.69 Å². The molecule has 70 valence electrons. The van der Waals surface area contributed by atoms with Crippen LogP contribution in [0.2, 0.25) is 0 Å². The van der Waals surface area contributed by atoms with Crippen LogP contribution >= 0.6 is 0 Å². The second kappa shape index (κ2) is 3.53. The Bertz CT molecular complexity index is 334. The van der Waals surface area contributed by atoms with Gasteiger partial charge in [-0.15, -0.1) is 0 Å². The first kappa shape index (κ1) is 9.67. The van der Waals surface area contributed by atoms with E-state index in [2.05, 4.69) is 0 Å². The van der Waals surface area contributed by atoms with Crippen LogP contribution in [0.3, 0.4) is 0 Å². The number of nitro benzene ring substituents is 1. The van der Waals surface area contributed by atoms with Crippen molar-refractivity contribution >= 4 is 5.69 Å². The maximum atomic E-state index is 10.6. The van der Waals surface area contributed by atoms with Crippen molar-refractivity contribution in [2.75, 3.05) is 0 Å². The highest BCUT2D eigenvalue weighted by molar-refractivity contribution is 5.47. The van der Waals surface area contributed by atoms with Crippen molar-refractivity contribution < 1.29 is 10.0 Å². The van der Waals surface area contributed by atoms with Gasteiger partial charge in [-0.05, 0) is 19.9 Å². The number of hydrogen-bond donors (Lipinski definition) is 1. The largest absolute Gasteiger partial charge is 0.388 e. The standard InChI is InChI=1S/C9H11NO3/c1-6-4-3-5-8(7(2)11)9(6)10(12)13/h3-5,7,11H,1-2H3/t7-/m1/s1. The lowest BCUT2D eigenvalue weighted by Crippen LogP contribution is -2.00. The number of nitrogens with zero attached hydrogens (tertiary/aromatic N) is 1. The molecule has 0 aliphatic rings. The highest BCUT2D eigenvalue weighted by Crippen LogP contribution is 2.27. The molecule has 0 aliphatic heterocycles. The molecule has 0 fully saturated rings. The zero-order valence-corrected chi connectivity index (χ0v) is 7.52. The third-order valence-electron chi connectivity index (χ3n) is 1.90. The average molecular weight is 181 g/mol. The maximum absolute atomic E-state index is 10.6. The first-order valence-electron chi connectivity index (χ1n) is 3.96. The lowest BCUT2D eigenvalue weighted by atomic mass is 10.0. The van der Waals surface area contributed by atoms with Crippen molar-refractivity contribution in [3.05, 3.63) is 39.4 Å². The summed E-state index contributed by atoms with van der Waals surface area (Å²) in [5.74, 6) is 0. The van der Waals surface area contributed by atoms with Gasteiger partial charge in [0.25, 0.3) is 5.69 Å². The molecule has 0 unspecified atom stereocenters. The van der Waals surface area contributed by atoms with Gasteiger partial charge >= 0.3 is 0 Å². The van der Waals surface area contributed by atoms with E-state index in [4.69, 9.17) is 0 Å². The molecule has 1 aromatic rings. The van der Waals surface area contributed by atoms with Gasteiger partial charge in [0.15, 0.2) is 0 Å². The fourth-order valence-electron chi connectivity index (χ4n) is 1.27. The molecule has 1 N–H and O–H groups in total. The number of aryl methyl sites for hydroxylation is 1. The summed E-state index contributed by atoms with van der Waals surface area (Å²) in [6.07, 6.45) is -0.805. The molecule has 1 atom stereocenters. The Morgan fingerprint density at radius 2 is 2.15 bits per heavy atom. The number of nitro groups is 1. The van der Waals surface area contributed by atoms with Crippen LogP contribution in [-0.2, 0) is 0 Å². The summed E-state index contributed by atoms with van der Waals surface area (Å²) in [6.45, 7) is 3.17. The minimum absolute atomic E-state index is 0.0116. The molecular weight excluding hydrogens is 170 g/mol. The predicted octanol–water partition coefficient (Wildman–Crippen LogP) is 1.96. The van der Waals surface area contributed by atoms with Gasteiger partial charge in [0.2, 0.25) is 0 Å². The van der Waals surface area contributed by atoms with Crippen LogP contribution in [0.25, 0.3) is 0 Å². The number of para-hydroxylation sites is 1. The second-order valence-electron chi connectivity index (χ2n) is 2.95. The van der Waals surface area contributed by atoms with Gasteiger partial charge in [0.1, 0.15) is 0 Å². The van der Waals surface area contributed by atoms with Crippen molar-refractivity contribution in [2.45, 2.75) is 20.0 Å². The van der Waals surface area contributed by atoms with Crippen molar-refractivity contribution in [3.63, 3.8) is 0 Å². The summed E-state index contributed by atoms with van der Waals surface area (Å²) in [5, 5.41) is 19.9. The van der Waals surface area contributed by atoms with Gasteiger partial charge in [-0.2, -0.15) is 0 Å². The summed E-state index contributed by atoms with van der Waals surface area (Å²) in [6, 6.07) is 4.92. The Kier molecular flexibility index (Phi) is 2.63. The molecular formula is C9H11NO3. The molecule has 0 amide bonds. The first-order valence-corrected chi connectivity index (χ1v) is 3.96. The van der Waals surface area contributed by atoms with Crippen molar-refractivity contribution in [2.24, 2.45) is 0 Å². The fraction of sp³-hybridized carbons (Fsp3) is 0.333. The molecule has 0 aromatic heterocycles. The van der Waals surface area contributed by atoms with Gasteiger partial charge in [0.05, 0.1) is 16.6 Å². The number of hydrogen-bond acceptors (Lipinski definition) is 3. The highest BCUT2D eigenvalue weighted by Gasteiger charge is 2.19. The van der Waals surface area contributed by atoms with E-state index in [0.29, 0.717) is 11.1 Å². The van der Waals surface area contributed by atoms with Crippen molar-refractivity contribution in [1.82, 2.24) is 0 Å². The molecule has 0 spiro atoms. The Morgan fingerprint density at radius 1 is 1.54 bits per heavy atom. The third-order valence-corrected chi connectivity index (χ3v) is 1.90. The van der Waals surface area contributed by atoms with Gasteiger partial charge in [-0.1, -0.05) is 12.1 Å². The van der Waals surface area contributed by atoms with Crippen LogP contribution < -0.4 is 0 Å². The number of aliphatic hydroxyl groups excluding tert-OH is 1. The Balaban J connectivity index is 3.34. The fourth-order valence-corrected chi connectivity index (χ4v) is 1.27. The second-order valence-corrected chi connectivity index (χ2v) is 2.95. The van der Waals surface area contributed by atoms with Gasteiger partial charge in [-0.25, -0.2) is 0 Å². The minimum atomic E-state index is -0.805. The predicted molar refractivity (Wildman–Crippen MR) is 48.5 cm³/mol. The summed E-state index contributed by atoms with van der Waals surface area (Å²) >= 11 is 0. The zero-order chi connectivity index (χ0) is 10.0. The molecule has 1 aromatic carbocycles. The van der Waals surface area contributed by atoms with Gasteiger partial charge in [-0.3, -0.25) is 10.1 Å². The number of aliphatic hydroxyl groups is 1.